The van der Waals surface area contributed by atoms with E-state index in [1.165, 1.54) is 10.4 Å². The van der Waals surface area contributed by atoms with E-state index in [2.05, 4.69) is 0 Å². The number of nitrogens with zero attached hydrogens (tertiary/aromatic N) is 2. The minimum Gasteiger partial charge on any atom is -0.263 e. The Morgan fingerprint density at radius 1 is 1.29 bits per heavy atom. The van der Waals surface area contributed by atoms with Gasteiger partial charge in [0.2, 0.25) is 0 Å². The summed E-state index contributed by atoms with van der Waals surface area (Å²) in [6.45, 7) is 1.92. The number of nitriles is 1. The van der Waals surface area contributed by atoms with E-state index in [0.29, 0.717) is 4.88 Å². The highest BCUT2D eigenvalue weighted by atomic mass is 32.2. The first kappa shape index (κ1) is 14.1. The van der Waals surface area contributed by atoms with Crippen molar-refractivity contribution >= 4 is 27.0 Å². The highest BCUT2D eigenvalue weighted by molar-refractivity contribution is 7.94. The maximum absolute atomic E-state index is 12.9. The van der Waals surface area contributed by atoms with Crippen LogP contribution in [0.25, 0.3) is 0 Å². The fourth-order valence-corrected chi connectivity index (χ4v) is 5.55. The monoisotopic (exact) mass is 318 g/mol. The molecule has 0 fully saturated rings. The fraction of sp³-hybridized carbons (Fsp3) is 0.267. The molecule has 1 aliphatic rings. The van der Waals surface area contributed by atoms with E-state index >= 15 is 0 Å². The molecule has 0 amide bonds. The first-order chi connectivity index (χ1) is 10.0. The van der Waals surface area contributed by atoms with E-state index in [9.17, 15) is 8.42 Å². The smallest absolute Gasteiger partial charge is 0.263 e. The van der Waals surface area contributed by atoms with Crippen molar-refractivity contribution in [2.45, 2.75) is 30.0 Å². The van der Waals surface area contributed by atoms with Gasteiger partial charge in [0, 0.05) is 6.04 Å². The van der Waals surface area contributed by atoms with Crippen LogP contribution in [0, 0.1) is 11.3 Å². The third-order valence-electron chi connectivity index (χ3n) is 3.67. The van der Waals surface area contributed by atoms with Crippen molar-refractivity contribution in [3.05, 3.63) is 46.8 Å². The molecule has 0 spiro atoms. The summed E-state index contributed by atoms with van der Waals surface area (Å²) in [6.07, 6.45) is 1.68. The first-order valence-electron chi connectivity index (χ1n) is 6.66. The van der Waals surface area contributed by atoms with E-state index in [1.54, 1.807) is 6.07 Å². The van der Waals surface area contributed by atoms with Gasteiger partial charge in [0.15, 0.2) is 0 Å². The number of benzene rings is 1. The normalized spacial score (nSPS) is 18.1. The quantitative estimate of drug-likeness (QED) is 0.854. The third-order valence-corrected chi connectivity index (χ3v) is 7.05. The Kier molecular flexibility index (Phi) is 3.47. The van der Waals surface area contributed by atoms with Crippen LogP contribution in [0.3, 0.4) is 0 Å². The molecule has 1 aliphatic heterocycles. The predicted molar refractivity (Wildman–Crippen MR) is 82.9 cm³/mol. The molecule has 0 saturated carbocycles. The summed E-state index contributed by atoms with van der Waals surface area (Å²) in [5.41, 5.74) is 1.80. The molecule has 0 N–H and O–H groups in total. The molecule has 2 aromatic rings. The molecular formula is C15H14N2O2S2. The van der Waals surface area contributed by atoms with Gasteiger partial charge in [-0.25, -0.2) is 8.42 Å². The molecule has 0 radical (unpaired) electrons. The summed E-state index contributed by atoms with van der Waals surface area (Å²) in [4.78, 5) is 0.409. The lowest BCUT2D eigenvalue weighted by molar-refractivity contribution is 0.565. The lowest BCUT2D eigenvalue weighted by Gasteiger charge is -2.35. The van der Waals surface area contributed by atoms with Crippen molar-refractivity contribution in [2.24, 2.45) is 0 Å². The summed E-state index contributed by atoms with van der Waals surface area (Å²) < 4.78 is 27.6. The number of hydrogen-bond donors (Lipinski definition) is 0. The number of anilines is 1. The maximum atomic E-state index is 12.9. The summed E-state index contributed by atoms with van der Waals surface area (Å²) in [7, 11) is -3.61. The van der Waals surface area contributed by atoms with Gasteiger partial charge in [-0.15, -0.1) is 11.3 Å². The molecule has 2 heterocycles. The number of aryl methyl sites for hydroxylation is 1. The Balaban J connectivity index is 2.12. The zero-order chi connectivity index (χ0) is 15.0. The van der Waals surface area contributed by atoms with Crippen LogP contribution in [-0.4, -0.2) is 14.5 Å². The highest BCUT2D eigenvalue weighted by Crippen LogP contribution is 2.36. The van der Waals surface area contributed by atoms with Gasteiger partial charge in [0.25, 0.3) is 10.0 Å². The lowest BCUT2D eigenvalue weighted by Crippen LogP contribution is -2.41. The Morgan fingerprint density at radius 2 is 2.05 bits per heavy atom. The van der Waals surface area contributed by atoms with Gasteiger partial charge in [0.05, 0.1) is 5.69 Å². The van der Waals surface area contributed by atoms with E-state index in [1.807, 2.05) is 37.3 Å². The maximum Gasteiger partial charge on any atom is 0.274 e. The van der Waals surface area contributed by atoms with E-state index in [-0.39, 0.29) is 10.3 Å². The molecule has 6 heteroatoms. The Hall–Kier alpha value is -1.84. The van der Waals surface area contributed by atoms with Crippen molar-refractivity contribution in [1.29, 1.82) is 5.26 Å². The Labute approximate surface area is 128 Å². The molecule has 108 valence electrons. The van der Waals surface area contributed by atoms with Gasteiger partial charge in [0.1, 0.15) is 15.2 Å². The Morgan fingerprint density at radius 3 is 2.76 bits per heavy atom. The summed E-state index contributed by atoms with van der Waals surface area (Å²) >= 11 is 1.02. The number of sulfonamides is 1. The molecule has 0 saturated heterocycles. The molecule has 1 unspecified atom stereocenters. The van der Waals surface area contributed by atoms with Gasteiger partial charge in [-0.3, -0.25) is 4.31 Å². The fourth-order valence-electron chi connectivity index (χ4n) is 2.64. The predicted octanol–water partition coefficient (Wildman–Crippen LogP) is 3.15. The zero-order valence-corrected chi connectivity index (χ0v) is 13.1. The lowest BCUT2D eigenvalue weighted by atomic mass is 9.99. The second-order valence-electron chi connectivity index (χ2n) is 5.05. The molecular weight excluding hydrogens is 304 g/mol. The molecule has 0 bridgehead atoms. The van der Waals surface area contributed by atoms with E-state index in [4.69, 9.17) is 5.26 Å². The molecule has 21 heavy (non-hydrogen) atoms. The van der Waals surface area contributed by atoms with Crippen molar-refractivity contribution in [1.82, 2.24) is 0 Å². The minimum atomic E-state index is -3.61. The highest BCUT2D eigenvalue weighted by Gasteiger charge is 2.34. The van der Waals surface area contributed by atoms with Crippen LogP contribution in [0.5, 0.6) is 0 Å². The van der Waals surface area contributed by atoms with Crippen molar-refractivity contribution in [2.75, 3.05) is 4.31 Å². The van der Waals surface area contributed by atoms with Crippen LogP contribution in [0.15, 0.2) is 40.6 Å². The largest absolute Gasteiger partial charge is 0.274 e. The summed E-state index contributed by atoms with van der Waals surface area (Å²) in [6, 6.07) is 12.6. The average Bonchev–Trinajstić information content (AvgIpc) is 2.96. The van der Waals surface area contributed by atoms with E-state index in [0.717, 1.165) is 35.4 Å². The van der Waals surface area contributed by atoms with Gasteiger partial charge >= 0.3 is 0 Å². The van der Waals surface area contributed by atoms with Crippen LogP contribution in [-0.2, 0) is 16.4 Å². The number of thiophene rings is 1. The second kappa shape index (κ2) is 5.17. The van der Waals surface area contributed by atoms with Crippen molar-refractivity contribution in [3.63, 3.8) is 0 Å². The average molecular weight is 318 g/mol. The van der Waals surface area contributed by atoms with Crippen LogP contribution in [0.2, 0.25) is 0 Å². The van der Waals surface area contributed by atoms with Crippen LogP contribution in [0.1, 0.15) is 23.8 Å². The minimum absolute atomic E-state index is 0.0856. The van der Waals surface area contributed by atoms with Crippen LogP contribution >= 0.6 is 11.3 Å². The van der Waals surface area contributed by atoms with Crippen LogP contribution in [0.4, 0.5) is 5.69 Å². The number of hydrogen-bond acceptors (Lipinski definition) is 4. The molecule has 1 aromatic carbocycles. The first-order valence-corrected chi connectivity index (χ1v) is 8.92. The van der Waals surface area contributed by atoms with Gasteiger partial charge in [-0.2, -0.15) is 5.26 Å². The van der Waals surface area contributed by atoms with Gasteiger partial charge in [-0.1, -0.05) is 18.2 Å². The number of para-hydroxylation sites is 1. The van der Waals surface area contributed by atoms with Crippen molar-refractivity contribution < 1.29 is 8.42 Å². The van der Waals surface area contributed by atoms with Gasteiger partial charge in [-0.05, 0) is 43.5 Å². The molecule has 0 aliphatic carbocycles. The molecule has 4 nitrogen and oxygen atoms in total. The third kappa shape index (κ3) is 2.33. The number of rotatable bonds is 2. The standard InChI is InChI=1S/C15H14N2O2S2/c1-11-6-7-12-4-2-3-5-14(12)17(11)21(18,19)15-9-8-13(10-16)20-15/h2-5,8-9,11H,6-7H2,1H3. The van der Waals surface area contributed by atoms with Crippen molar-refractivity contribution in [3.8, 4) is 6.07 Å². The number of fused-ring (bicyclic) bond motifs is 1. The molecule has 1 atom stereocenters. The molecule has 1 aromatic heterocycles. The second-order valence-corrected chi connectivity index (χ2v) is 8.17. The summed E-state index contributed by atoms with van der Waals surface area (Å²) in [5.74, 6) is 0. The van der Waals surface area contributed by atoms with Gasteiger partial charge < -0.3 is 0 Å². The van der Waals surface area contributed by atoms with Crippen LogP contribution < -0.4 is 4.31 Å². The topological polar surface area (TPSA) is 61.2 Å². The molecule has 3 rings (SSSR count). The zero-order valence-electron chi connectivity index (χ0n) is 11.5. The Bertz CT molecular complexity index is 818. The summed E-state index contributed by atoms with van der Waals surface area (Å²) in [5, 5.41) is 8.89. The SMILES string of the molecule is CC1CCc2ccccc2N1S(=O)(=O)c1ccc(C#N)s1. The van der Waals surface area contributed by atoms with E-state index < -0.39 is 10.0 Å².